The van der Waals surface area contributed by atoms with Gasteiger partial charge in [0, 0.05) is 25.8 Å². The lowest BCUT2D eigenvalue weighted by Gasteiger charge is -2.08. The SMILES string of the molecule is CCOCCNc1cc(N)nc(COCC)n1. The third kappa shape index (κ3) is 5.46. The van der Waals surface area contributed by atoms with Gasteiger partial charge in [-0.05, 0) is 13.8 Å². The van der Waals surface area contributed by atoms with Crippen molar-refractivity contribution >= 4 is 11.6 Å². The van der Waals surface area contributed by atoms with Gasteiger partial charge in [-0.1, -0.05) is 0 Å². The van der Waals surface area contributed by atoms with Gasteiger partial charge in [-0.15, -0.1) is 0 Å². The average molecular weight is 240 g/mol. The second kappa shape index (κ2) is 7.81. The molecular weight excluding hydrogens is 220 g/mol. The topological polar surface area (TPSA) is 82.3 Å². The summed E-state index contributed by atoms with van der Waals surface area (Å²) in [4.78, 5) is 8.37. The summed E-state index contributed by atoms with van der Waals surface area (Å²) in [7, 11) is 0. The molecule has 3 N–H and O–H groups in total. The van der Waals surface area contributed by atoms with Crippen molar-refractivity contribution in [1.29, 1.82) is 0 Å². The number of nitrogens with one attached hydrogen (secondary N) is 1. The molecule has 6 heteroatoms. The Bertz CT molecular complexity index is 333. The highest BCUT2D eigenvalue weighted by Gasteiger charge is 2.02. The summed E-state index contributed by atoms with van der Waals surface area (Å²) in [5.41, 5.74) is 5.68. The highest BCUT2D eigenvalue weighted by atomic mass is 16.5. The molecule has 1 rings (SSSR count). The van der Waals surface area contributed by atoms with Gasteiger partial charge in [0.25, 0.3) is 0 Å². The van der Waals surface area contributed by atoms with Crippen LogP contribution in [0.25, 0.3) is 0 Å². The summed E-state index contributed by atoms with van der Waals surface area (Å²) < 4.78 is 10.5. The van der Waals surface area contributed by atoms with Crippen molar-refractivity contribution in [3.8, 4) is 0 Å². The van der Waals surface area contributed by atoms with Crippen LogP contribution in [0, 0.1) is 0 Å². The van der Waals surface area contributed by atoms with Gasteiger partial charge < -0.3 is 20.5 Å². The van der Waals surface area contributed by atoms with Crippen LogP contribution in [0.2, 0.25) is 0 Å². The van der Waals surface area contributed by atoms with Gasteiger partial charge in [0.1, 0.15) is 18.2 Å². The normalized spacial score (nSPS) is 10.5. The van der Waals surface area contributed by atoms with Crippen LogP contribution < -0.4 is 11.1 Å². The number of aromatic nitrogens is 2. The first-order valence-corrected chi connectivity index (χ1v) is 5.79. The lowest BCUT2D eigenvalue weighted by molar-refractivity contribution is 0.128. The van der Waals surface area contributed by atoms with Gasteiger partial charge >= 0.3 is 0 Å². The summed E-state index contributed by atoms with van der Waals surface area (Å²) in [6.07, 6.45) is 0. The second-order valence-corrected chi connectivity index (χ2v) is 3.36. The van der Waals surface area contributed by atoms with Crippen LogP contribution in [-0.4, -0.2) is 36.3 Å². The van der Waals surface area contributed by atoms with E-state index in [-0.39, 0.29) is 0 Å². The summed E-state index contributed by atoms with van der Waals surface area (Å²) >= 11 is 0. The van der Waals surface area contributed by atoms with Crippen LogP contribution in [0.15, 0.2) is 6.07 Å². The molecule has 0 aromatic carbocycles. The first kappa shape index (κ1) is 13.7. The van der Waals surface area contributed by atoms with E-state index < -0.39 is 0 Å². The standard InChI is InChI=1S/C11H20N4O2/c1-3-16-6-5-13-10-7-9(12)14-11(15-10)8-17-4-2/h7H,3-6,8H2,1-2H3,(H3,12,13,14,15). The minimum atomic E-state index is 0.377. The molecule has 1 aromatic heterocycles. The lowest BCUT2D eigenvalue weighted by Crippen LogP contribution is -2.12. The average Bonchev–Trinajstić information content (AvgIpc) is 2.31. The van der Waals surface area contributed by atoms with E-state index in [0.29, 0.717) is 50.4 Å². The van der Waals surface area contributed by atoms with Crippen molar-refractivity contribution in [2.24, 2.45) is 0 Å². The monoisotopic (exact) mass is 240 g/mol. The Hall–Kier alpha value is -1.40. The molecular formula is C11H20N4O2. The molecule has 96 valence electrons. The minimum absolute atomic E-state index is 0.377. The Morgan fingerprint density at radius 3 is 2.71 bits per heavy atom. The fourth-order valence-electron chi connectivity index (χ4n) is 1.26. The van der Waals surface area contributed by atoms with Crippen molar-refractivity contribution in [3.63, 3.8) is 0 Å². The minimum Gasteiger partial charge on any atom is -0.384 e. The summed E-state index contributed by atoms with van der Waals surface area (Å²) in [5, 5.41) is 3.13. The Morgan fingerprint density at radius 2 is 2.00 bits per heavy atom. The maximum Gasteiger partial charge on any atom is 0.158 e. The van der Waals surface area contributed by atoms with E-state index in [0.717, 1.165) is 0 Å². The fourth-order valence-corrected chi connectivity index (χ4v) is 1.26. The summed E-state index contributed by atoms with van der Waals surface area (Å²) in [6.45, 7) is 6.94. The molecule has 17 heavy (non-hydrogen) atoms. The Labute approximate surface area is 102 Å². The van der Waals surface area contributed by atoms with Crippen LogP contribution in [0.3, 0.4) is 0 Å². The molecule has 0 radical (unpaired) electrons. The number of rotatable bonds is 8. The number of nitrogens with two attached hydrogens (primary N) is 1. The van der Waals surface area contributed by atoms with Crippen LogP contribution in [-0.2, 0) is 16.1 Å². The molecule has 0 spiro atoms. The highest BCUT2D eigenvalue weighted by Crippen LogP contribution is 2.08. The fraction of sp³-hybridized carbons (Fsp3) is 0.636. The molecule has 0 amide bonds. The molecule has 0 saturated heterocycles. The Morgan fingerprint density at radius 1 is 1.24 bits per heavy atom. The molecule has 1 heterocycles. The van der Waals surface area contributed by atoms with Gasteiger partial charge in [-0.25, -0.2) is 9.97 Å². The Balaban J connectivity index is 2.50. The molecule has 1 aromatic rings. The van der Waals surface area contributed by atoms with E-state index in [2.05, 4.69) is 15.3 Å². The van der Waals surface area contributed by atoms with E-state index >= 15 is 0 Å². The molecule has 0 saturated carbocycles. The Kier molecular flexibility index (Phi) is 6.27. The van der Waals surface area contributed by atoms with E-state index in [1.54, 1.807) is 6.07 Å². The number of nitrogen functional groups attached to an aromatic ring is 1. The molecule has 0 atom stereocenters. The van der Waals surface area contributed by atoms with Crippen LogP contribution in [0.1, 0.15) is 19.7 Å². The molecule has 0 bridgehead atoms. The van der Waals surface area contributed by atoms with Gasteiger partial charge in [0.15, 0.2) is 5.82 Å². The van der Waals surface area contributed by atoms with E-state index in [1.165, 1.54) is 0 Å². The summed E-state index contributed by atoms with van der Waals surface area (Å²) in [5.74, 6) is 1.73. The first-order valence-electron chi connectivity index (χ1n) is 5.79. The van der Waals surface area contributed by atoms with E-state index in [9.17, 15) is 0 Å². The van der Waals surface area contributed by atoms with Gasteiger partial charge in [0.2, 0.25) is 0 Å². The highest BCUT2D eigenvalue weighted by molar-refractivity contribution is 5.44. The zero-order valence-corrected chi connectivity index (χ0v) is 10.4. The largest absolute Gasteiger partial charge is 0.384 e. The predicted octanol–water partition coefficient (Wildman–Crippen LogP) is 1.04. The number of hydrogen-bond donors (Lipinski definition) is 2. The number of hydrogen-bond acceptors (Lipinski definition) is 6. The third-order valence-electron chi connectivity index (χ3n) is 1.98. The van der Waals surface area contributed by atoms with Crippen LogP contribution >= 0.6 is 0 Å². The van der Waals surface area contributed by atoms with Crippen molar-refractivity contribution < 1.29 is 9.47 Å². The number of nitrogens with zero attached hydrogens (tertiary/aromatic N) is 2. The number of ether oxygens (including phenoxy) is 2. The summed E-state index contributed by atoms with van der Waals surface area (Å²) in [6, 6.07) is 1.70. The quantitative estimate of drug-likeness (QED) is 0.661. The zero-order chi connectivity index (χ0) is 12.5. The molecule has 0 aliphatic heterocycles. The predicted molar refractivity (Wildman–Crippen MR) is 66.8 cm³/mol. The molecule has 0 fully saturated rings. The van der Waals surface area contributed by atoms with Crippen molar-refractivity contribution in [1.82, 2.24) is 9.97 Å². The maximum atomic E-state index is 5.68. The van der Waals surface area contributed by atoms with Crippen molar-refractivity contribution in [3.05, 3.63) is 11.9 Å². The number of anilines is 2. The maximum absolute atomic E-state index is 5.68. The second-order valence-electron chi connectivity index (χ2n) is 3.36. The zero-order valence-electron chi connectivity index (χ0n) is 10.4. The smallest absolute Gasteiger partial charge is 0.158 e. The van der Waals surface area contributed by atoms with Gasteiger partial charge in [-0.2, -0.15) is 0 Å². The van der Waals surface area contributed by atoms with Gasteiger partial charge in [0.05, 0.1) is 6.61 Å². The van der Waals surface area contributed by atoms with E-state index in [4.69, 9.17) is 15.2 Å². The molecule has 0 aliphatic carbocycles. The van der Waals surface area contributed by atoms with Gasteiger partial charge in [-0.3, -0.25) is 0 Å². The molecule has 0 unspecified atom stereocenters. The first-order chi connectivity index (χ1) is 8.26. The van der Waals surface area contributed by atoms with Crippen molar-refractivity contribution in [2.45, 2.75) is 20.5 Å². The van der Waals surface area contributed by atoms with Crippen molar-refractivity contribution in [2.75, 3.05) is 37.4 Å². The van der Waals surface area contributed by atoms with Crippen LogP contribution in [0.5, 0.6) is 0 Å². The van der Waals surface area contributed by atoms with Crippen LogP contribution in [0.4, 0.5) is 11.6 Å². The molecule has 6 nitrogen and oxygen atoms in total. The molecule has 0 aliphatic rings. The third-order valence-corrected chi connectivity index (χ3v) is 1.98. The lowest BCUT2D eigenvalue weighted by atomic mass is 10.5. The van der Waals surface area contributed by atoms with E-state index in [1.807, 2.05) is 13.8 Å².